The van der Waals surface area contributed by atoms with Gasteiger partial charge in [-0.15, -0.1) is 0 Å². The lowest BCUT2D eigenvalue weighted by atomic mass is 10.2. The highest BCUT2D eigenvalue weighted by Gasteiger charge is 2.51. The zero-order valence-electron chi connectivity index (χ0n) is 7.39. The minimum atomic E-state index is -1.32. The van der Waals surface area contributed by atoms with Crippen molar-refractivity contribution in [3.05, 3.63) is 0 Å². The molecule has 1 aliphatic heterocycles. The van der Waals surface area contributed by atoms with Crippen LogP contribution in [0.4, 0.5) is 0 Å². The number of hydrogen-bond donors (Lipinski definition) is 0. The van der Waals surface area contributed by atoms with Gasteiger partial charge in [-0.05, 0) is 5.04 Å². The van der Waals surface area contributed by atoms with Crippen molar-refractivity contribution in [3.8, 4) is 0 Å². The SMILES string of the molecule is CC(C)(C)[Si](C)(C)C1OO1. The summed E-state index contributed by atoms with van der Waals surface area (Å²) in [5.41, 5.74) is 0. The third kappa shape index (κ3) is 1.26. The van der Waals surface area contributed by atoms with Crippen molar-refractivity contribution in [2.75, 3.05) is 0 Å². The van der Waals surface area contributed by atoms with E-state index >= 15 is 0 Å². The Hall–Kier alpha value is 0.137. The van der Waals surface area contributed by atoms with Crippen LogP contribution >= 0.6 is 0 Å². The van der Waals surface area contributed by atoms with Gasteiger partial charge in [0.25, 0.3) is 0 Å². The molecule has 0 spiro atoms. The number of rotatable bonds is 1. The molecule has 0 atom stereocenters. The summed E-state index contributed by atoms with van der Waals surface area (Å²) >= 11 is 0. The lowest BCUT2D eigenvalue weighted by Crippen LogP contribution is -2.43. The Morgan fingerprint density at radius 3 is 1.60 bits per heavy atom. The molecule has 1 heterocycles. The molecule has 0 bridgehead atoms. The van der Waals surface area contributed by atoms with Gasteiger partial charge in [0.2, 0.25) is 5.91 Å². The maximum atomic E-state index is 4.86. The third-order valence-corrected chi connectivity index (χ3v) is 7.95. The van der Waals surface area contributed by atoms with Gasteiger partial charge in [0.05, 0.1) is 0 Å². The highest BCUT2D eigenvalue weighted by molar-refractivity contribution is 6.81. The molecule has 1 fully saturated rings. The fourth-order valence-corrected chi connectivity index (χ4v) is 1.87. The molecule has 1 rings (SSSR count). The van der Waals surface area contributed by atoms with Crippen LogP contribution < -0.4 is 0 Å². The first-order chi connectivity index (χ1) is 4.36. The van der Waals surface area contributed by atoms with Gasteiger partial charge >= 0.3 is 0 Å². The Labute approximate surface area is 63.5 Å². The van der Waals surface area contributed by atoms with Gasteiger partial charge < -0.3 is 0 Å². The molecule has 0 radical (unpaired) electrons. The van der Waals surface area contributed by atoms with E-state index in [1.165, 1.54) is 0 Å². The van der Waals surface area contributed by atoms with Crippen molar-refractivity contribution >= 4 is 8.07 Å². The average Bonchev–Trinajstić information content (AvgIpc) is 2.38. The highest BCUT2D eigenvalue weighted by atomic mass is 28.3. The molecule has 3 heteroatoms. The second-order valence-electron chi connectivity index (χ2n) is 4.50. The van der Waals surface area contributed by atoms with Gasteiger partial charge in [0.15, 0.2) is 0 Å². The molecule has 1 aliphatic rings. The Kier molecular flexibility index (Phi) is 1.70. The molecule has 0 aliphatic carbocycles. The molecule has 0 saturated carbocycles. The van der Waals surface area contributed by atoms with Crippen LogP contribution in [0.25, 0.3) is 0 Å². The smallest absolute Gasteiger partial charge is 0.203 e. The quantitative estimate of drug-likeness (QED) is 0.334. The maximum absolute atomic E-state index is 4.86. The van der Waals surface area contributed by atoms with E-state index in [2.05, 4.69) is 33.9 Å². The summed E-state index contributed by atoms with van der Waals surface area (Å²) in [5.74, 6) is 0.146. The van der Waals surface area contributed by atoms with Crippen molar-refractivity contribution in [1.82, 2.24) is 0 Å². The zero-order valence-corrected chi connectivity index (χ0v) is 8.39. The van der Waals surface area contributed by atoms with E-state index in [4.69, 9.17) is 9.78 Å². The third-order valence-electron chi connectivity index (χ3n) is 2.71. The second-order valence-corrected chi connectivity index (χ2v) is 9.91. The van der Waals surface area contributed by atoms with E-state index in [1.807, 2.05) is 0 Å². The van der Waals surface area contributed by atoms with E-state index < -0.39 is 8.07 Å². The minimum absolute atomic E-state index is 0.146. The van der Waals surface area contributed by atoms with E-state index in [9.17, 15) is 0 Å². The van der Waals surface area contributed by atoms with E-state index in [0.717, 1.165) is 0 Å². The fourth-order valence-electron chi connectivity index (χ4n) is 0.622. The molecule has 0 aromatic carbocycles. The van der Waals surface area contributed by atoms with Crippen LogP contribution in [0.15, 0.2) is 0 Å². The van der Waals surface area contributed by atoms with Crippen molar-refractivity contribution in [3.63, 3.8) is 0 Å². The van der Waals surface area contributed by atoms with Gasteiger partial charge in [-0.2, -0.15) is 0 Å². The minimum Gasteiger partial charge on any atom is -0.203 e. The Balaban J connectivity index is 2.66. The summed E-state index contributed by atoms with van der Waals surface area (Å²) < 4.78 is 0. The lowest BCUT2D eigenvalue weighted by molar-refractivity contribution is 0.0850. The molecule has 2 nitrogen and oxygen atoms in total. The molecular weight excluding hydrogens is 144 g/mol. The Bertz CT molecular complexity index is 133. The van der Waals surface area contributed by atoms with Crippen molar-refractivity contribution in [2.24, 2.45) is 0 Å². The molecule has 1 saturated heterocycles. The van der Waals surface area contributed by atoms with Crippen LogP contribution in [-0.4, -0.2) is 14.0 Å². The zero-order chi connectivity index (χ0) is 7.99. The summed E-state index contributed by atoms with van der Waals surface area (Å²) in [6, 6.07) is 0. The summed E-state index contributed by atoms with van der Waals surface area (Å²) in [4.78, 5) is 9.72. The van der Waals surface area contributed by atoms with Crippen molar-refractivity contribution in [1.29, 1.82) is 0 Å². The Morgan fingerprint density at radius 1 is 1.10 bits per heavy atom. The second kappa shape index (κ2) is 2.06. The average molecular weight is 160 g/mol. The first-order valence-corrected chi connectivity index (χ1v) is 6.75. The Morgan fingerprint density at radius 2 is 1.50 bits per heavy atom. The van der Waals surface area contributed by atoms with Crippen LogP contribution in [0, 0.1) is 0 Å². The largest absolute Gasteiger partial charge is 0.208 e. The topological polar surface area (TPSA) is 25.1 Å². The van der Waals surface area contributed by atoms with Gasteiger partial charge in [0, 0.05) is 0 Å². The summed E-state index contributed by atoms with van der Waals surface area (Å²) in [6.45, 7) is 11.4. The van der Waals surface area contributed by atoms with Crippen molar-refractivity contribution < 1.29 is 9.78 Å². The van der Waals surface area contributed by atoms with Crippen LogP contribution in [0.2, 0.25) is 18.1 Å². The van der Waals surface area contributed by atoms with Gasteiger partial charge in [-0.25, -0.2) is 9.78 Å². The van der Waals surface area contributed by atoms with Crippen LogP contribution in [0.1, 0.15) is 20.8 Å². The maximum Gasteiger partial charge on any atom is 0.208 e. The fraction of sp³-hybridized carbons (Fsp3) is 1.00. The monoisotopic (exact) mass is 160 g/mol. The first kappa shape index (κ1) is 8.24. The highest BCUT2D eigenvalue weighted by Crippen LogP contribution is 2.43. The van der Waals surface area contributed by atoms with Crippen LogP contribution in [0.5, 0.6) is 0 Å². The molecule has 0 unspecified atom stereocenters. The molecule has 0 aromatic heterocycles. The molecule has 10 heavy (non-hydrogen) atoms. The van der Waals surface area contributed by atoms with Gasteiger partial charge in [-0.1, -0.05) is 33.9 Å². The molecule has 0 amide bonds. The van der Waals surface area contributed by atoms with E-state index in [1.54, 1.807) is 0 Å². The predicted molar refractivity (Wildman–Crippen MR) is 43.2 cm³/mol. The number of hydrogen-bond acceptors (Lipinski definition) is 2. The normalized spacial score (nSPS) is 21.3. The summed E-state index contributed by atoms with van der Waals surface area (Å²) in [6.07, 6.45) is 0. The van der Waals surface area contributed by atoms with E-state index in [-0.39, 0.29) is 5.91 Å². The summed E-state index contributed by atoms with van der Waals surface area (Å²) in [7, 11) is -1.32. The summed E-state index contributed by atoms with van der Waals surface area (Å²) in [5, 5.41) is 0.369. The van der Waals surface area contributed by atoms with Crippen molar-refractivity contribution in [2.45, 2.75) is 44.8 Å². The van der Waals surface area contributed by atoms with Gasteiger partial charge in [0.1, 0.15) is 8.07 Å². The molecular formula is C7H16O2Si. The van der Waals surface area contributed by atoms with Crippen LogP contribution in [0.3, 0.4) is 0 Å². The van der Waals surface area contributed by atoms with E-state index in [0.29, 0.717) is 5.04 Å². The van der Waals surface area contributed by atoms with Gasteiger partial charge in [-0.3, -0.25) is 0 Å². The standard InChI is InChI=1S/C7H16O2Si/c1-7(2,3)10(4,5)6-8-9-6/h6H,1-5H3. The molecule has 60 valence electrons. The lowest BCUT2D eigenvalue weighted by Gasteiger charge is -2.32. The first-order valence-electron chi connectivity index (χ1n) is 3.68. The molecule has 0 aromatic rings. The predicted octanol–water partition coefficient (Wildman–Crippen LogP) is 2.32. The molecule has 0 N–H and O–H groups in total. The van der Waals surface area contributed by atoms with Crippen LogP contribution in [-0.2, 0) is 9.78 Å².